The van der Waals surface area contributed by atoms with Crippen LogP contribution in [-0.2, 0) is 9.84 Å². The van der Waals surface area contributed by atoms with Gasteiger partial charge in [-0.3, -0.25) is 0 Å². The lowest BCUT2D eigenvalue weighted by Crippen LogP contribution is -2.30. The van der Waals surface area contributed by atoms with Gasteiger partial charge in [-0.25, -0.2) is 17.2 Å². The van der Waals surface area contributed by atoms with Gasteiger partial charge in [0, 0.05) is 17.3 Å². The fourth-order valence-electron chi connectivity index (χ4n) is 1.31. The van der Waals surface area contributed by atoms with Crippen molar-refractivity contribution in [3.05, 3.63) is 34.4 Å². The van der Waals surface area contributed by atoms with Crippen molar-refractivity contribution in [3.8, 4) is 0 Å². The molecular weight excluding hydrogens is 272 g/mol. The van der Waals surface area contributed by atoms with E-state index in [4.69, 9.17) is 17.3 Å². The van der Waals surface area contributed by atoms with E-state index in [0.29, 0.717) is 0 Å². The minimum atomic E-state index is -3.39. The maximum Gasteiger partial charge on any atom is 0.160 e. The predicted molar refractivity (Wildman–Crippen MR) is 62.6 cm³/mol. The Morgan fingerprint density at radius 2 is 1.76 bits per heavy atom. The minimum Gasteiger partial charge on any atom is -0.323 e. The van der Waals surface area contributed by atoms with Gasteiger partial charge in [0.25, 0.3) is 0 Å². The first-order chi connectivity index (χ1) is 7.64. The molecule has 17 heavy (non-hydrogen) atoms. The molecule has 0 fully saturated rings. The summed E-state index contributed by atoms with van der Waals surface area (Å²) in [6.07, 6.45) is 1.02. The summed E-state index contributed by atoms with van der Waals surface area (Å²) in [6.45, 7) is 1.39. The molecule has 0 amide bonds. The van der Waals surface area contributed by atoms with Crippen LogP contribution in [0.5, 0.6) is 0 Å². The number of hydrogen-bond donors (Lipinski definition) is 1. The highest BCUT2D eigenvalue weighted by molar-refractivity contribution is 7.91. The highest BCUT2D eigenvalue weighted by Crippen LogP contribution is 2.28. The van der Waals surface area contributed by atoms with Gasteiger partial charge in [-0.05, 0) is 24.6 Å². The van der Waals surface area contributed by atoms with Gasteiger partial charge in [-0.2, -0.15) is 0 Å². The molecule has 7 heteroatoms. The molecule has 0 aromatic heterocycles. The van der Waals surface area contributed by atoms with Gasteiger partial charge >= 0.3 is 0 Å². The van der Waals surface area contributed by atoms with Crippen molar-refractivity contribution < 1.29 is 17.2 Å². The van der Waals surface area contributed by atoms with Gasteiger partial charge in [0.1, 0.15) is 0 Å². The Morgan fingerprint density at radius 3 is 2.24 bits per heavy atom. The first-order valence-corrected chi connectivity index (χ1v) is 7.06. The Balaban J connectivity index is 3.22. The van der Waals surface area contributed by atoms with Crippen molar-refractivity contribution in [1.82, 2.24) is 0 Å². The fourth-order valence-corrected chi connectivity index (χ4v) is 2.27. The SMILES string of the molecule is CC(C(N)c1cc(F)c(F)cc1Cl)S(C)(=O)=O. The number of halogens is 3. The minimum absolute atomic E-state index is 0.0727. The molecule has 0 bridgehead atoms. The van der Waals surface area contributed by atoms with E-state index in [2.05, 4.69) is 0 Å². The van der Waals surface area contributed by atoms with Crippen LogP contribution in [0.3, 0.4) is 0 Å². The topological polar surface area (TPSA) is 60.2 Å². The molecule has 2 unspecified atom stereocenters. The van der Waals surface area contributed by atoms with Crippen LogP contribution in [-0.4, -0.2) is 19.9 Å². The van der Waals surface area contributed by atoms with Crippen molar-refractivity contribution in [3.63, 3.8) is 0 Å². The fraction of sp³-hybridized carbons (Fsp3) is 0.400. The monoisotopic (exact) mass is 283 g/mol. The van der Waals surface area contributed by atoms with Crippen molar-refractivity contribution in [1.29, 1.82) is 0 Å². The molecule has 2 N–H and O–H groups in total. The highest BCUT2D eigenvalue weighted by atomic mass is 35.5. The lowest BCUT2D eigenvalue weighted by Gasteiger charge is -2.19. The Kier molecular flexibility index (Phi) is 4.11. The number of benzene rings is 1. The summed E-state index contributed by atoms with van der Waals surface area (Å²) in [6, 6.07) is 0.595. The standard InChI is InChI=1S/C10H12ClF2NO2S/c1-5(17(2,15)16)10(14)6-3-8(12)9(13)4-7(6)11/h3-5,10H,14H2,1-2H3. The van der Waals surface area contributed by atoms with Gasteiger partial charge in [-0.15, -0.1) is 0 Å². The average Bonchev–Trinajstić information content (AvgIpc) is 2.20. The molecule has 0 spiro atoms. The van der Waals surface area contributed by atoms with E-state index in [-0.39, 0.29) is 10.6 Å². The maximum atomic E-state index is 13.0. The van der Waals surface area contributed by atoms with E-state index in [1.165, 1.54) is 6.92 Å². The third kappa shape index (κ3) is 3.14. The number of hydrogen-bond acceptors (Lipinski definition) is 3. The van der Waals surface area contributed by atoms with Crippen LogP contribution in [0.25, 0.3) is 0 Å². The Labute approximate surface area is 103 Å². The summed E-state index contributed by atoms with van der Waals surface area (Å²) >= 11 is 5.71. The van der Waals surface area contributed by atoms with Gasteiger partial charge in [0.05, 0.1) is 5.25 Å². The van der Waals surface area contributed by atoms with Crippen LogP contribution in [0, 0.1) is 11.6 Å². The third-order valence-corrected chi connectivity index (χ3v) is 4.55. The second-order valence-corrected chi connectivity index (χ2v) is 6.66. The predicted octanol–water partition coefficient (Wildman–Crippen LogP) is 2.05. The molecule has 96 valence electrons. The summed E-state index contributed by atoms with van der Waals surface area (Å²) in [7, 11) is -3.39. The quantitative estimate of drug-likeness (QED) is 0.864. The molecule has 1 aromatic carbocycles. The first kappa shape index (κ1) is 14.3. The molecule has 1 aromatic rings. The van der Waals surface area contributed by atoms with Crippen LogP contribution >= 0.6 is 11.6 Å². The van der Waals surface area contributed by atoms with E-state index in [0.717, 1.165) is 18.4 Å². The zero-order valence-corrected chi connectivity index (χ0v) is 10.8. The normalized spacial score (nSPS) is 15.6. The molecule has 0 aliphatic carbocycles. The Bertz CT molecular complexity index is 533. The molecule has 0 saturated carbocycles. The second kappa shape index (κ2) is 4.88. The summed E-state index contributed by atoms with van der Waals surface area (Å²) in [4.78, 5) is 0. The molecule has 2 atom stereocenters. The van der Waals surface area contributed by atoms with E-state index in [1.807, 2.05) is 0 Å². The van der Waals surface area contributed by atoms with Gasteiger partial charge < -0.3 is 5.73 Å². The molecular formula is C10H12ClF2NO2S. The molecule has 0 saturated heterocycles. The molecule has 3 nitrogen and oxygen atoms in total. The zero-order valence-electron chi connectivity index (χ0n) is 9.25. The van der Waals surface area contributed by atoms with Crippen LogP contribution < -0.4 is 5.73 Å². The molecule has 0 aliphatic rings. The average molecular weight is 284 g/mol. The smallest absolute Gasteiger partial charge is 0.160 e. The third-order valence-electron chi connectivity index (χ3n) is 2.58. The lowest BCUT2D eigenvalue weighted by molar-refractivity contribution is 0.504. The zero-order chi connectivity index (χ0) is 13.4. The van der Waals surface area contributed by atoms with Crippen molar-refractivity contribution >= 4 is 21.4 Å². The van der Waals surface area contributed by atoms with Crippen LogP contribution in [0.2, 0.25) is 5.02 Å². The van der Waals surface area contributed by atoms with Gasteiger partial charge in [-0.1, -0.05) is 11.6 Å². The summed E-state index contributed by atoms with van der Waals surface area (Å²) in [5.41, 5.74) is 5.76. The lowest BCUT2D eigenvalue weighted by atomic mass is 10.0. The number of rotatable bonds is 3. The Hall–Kier alpha value is -0.720. The summed E-state index contributed by atoms with van der Waals surface area (Å²) < 4.78 is 48.5. The van der Waals surface area contributed by atoms with E-state index in [1.54, 1.807) is 0 Å². The molecule has 0 aliphatic heterocycles. The van der Waals surface area contributed by atoms with Gasteiger partial charge in [0.2, 0.25) is 0 Å². The van der Waals surface area contributed by atoms with Crippen molar-refractivity contribution in [2.24, 2.45) is 5.73 Å². The summed E-state index contributed by atoms with van der Waals surface area (Å²) in [5.74, 6) is -2.21. The van der Waals surface area contributed by atoms with Crippen LogP contribution in [0.1, 0.15) is 18.5 Å². The molecule has 0 heterocycles. The number of nitrogens with two attached hydrogens (primary N) is 1. The largest absolute Gasteiger partial charge is 0.323 e. The van der Waals surface area contributed by atoms with E-state index in [9.17, 15) is 17.2 Å². The summed E-state index contributed by atoms with van der Waals surface area (Å²) in [5, 5.41) is -1.03. The van der Waals surface area contributed by atoms with E-state index >= 15 is 0 Å². The van der Waals surface area contributed by atoms with Crippen molar-refractivity contribution in [2.45, 2.75) is 18.2 Å². The highest BCUT2D eigenvalue weighted by Gasteiger charge is 2.26. The second-order valence-electron chi connectivity index (χ2n) is 3.85. The van der Waals surface area contributed by atoms with E-state index < -0.39 is 32.8 Å². The maximum absolute atomic E-state index is 13.0. The van der Waals surface area contributed by atoms with Gasteiger partial charge in [0.15, 0.2) is 21.5 Å². The molecule has 1 rings (SSSR count). The first-order valence-electron chi connectivity index (χ1n) is 4.73. The van der Waals surface area contributed by atoms with Crippen molar-refractivity contribution in [2.75, 3.05) is 6.26 Å². The Morgan fingerprint density at radius 1 is 1.29 bits per heavy atom. The van der Waals surface area contributed by atoms with Crippen LogP contribution in [0.15, 0.2) is 12.1 Å². The molecule has 0 radical (unpaired) electrons. The van der Waals surface area contributed by atoms with Crippen LogP contribution in [0.4, 0.5) is 8.78 Å². The number of sulfone groups is 1.